The van der Waals surface area contributed by atoms with E-state index in [-0.39, 0.29) is 23.8 Å². The van der Waals surface area contributed by atoms with Crippen molar-refractivity contribution >= 4 is 11.8 Å². The predicted molar refractivity (Wildman–Crippen MR) is 69.0 cm³/mol. The number of likely N-dealkylation sites (tertiary alicyclic amines) is 1. The molecule has 3 unspecified atom stereocenters. The van der Waals surface area contributed by atoms with Crippen LogP contribution in [0.1, 0.15) is 19.8 Å². The van der Waals surface area contributed by atoms with Gasteiger partial charge in [0.15, 0.2) is 0 Å². The van der Waals surface area contributed by atoms with Crippen molar-refractivity contribution in [1.82, 2.24) is 15.1 Å². The van der Waals surface area contributed by atoms with Crippen molar-refractivity contribution in [2.45, 2.75) is 25.8 Å². The van der Waals surface area contributed by atoms with Crippen LogP contribution < -0.4 is 5.32 Å². The number of hydrogen-bond acceptors (Lipinski definition) is 3. The van der Waals surface area contributed by atoms with Gasteiger partial charge in [-0.1, -0.05) is 6.92 Å². The molecule has 0 aromatic rings. The normalized spacial score (nSPS) is 31.7. The molecule has 2 aliphatic heterocycles. The van der Waals surface area contributed by atoms with E-state index in [1.54, 1.807) is 23.9 Å². The average Bonchev–Trinajstić information content (AvgIpc) is 2.95. The smallest absolute Gasteiger partial charge is 0.244 e. The fourth-order valence-corrected chi connectivity index (χ4v) is 2.94. The Morgan fingerprint density at radius 1 is 1.28 bits per heavy atom. The van der Waals surface area contributed by atoms with Gasteiger partial charge in [0.05, 0.1) is 5.92 Å². The molecule has 5 heteroatoms. The lowest BCUT2D eigenvalue weighted by Gasteiger charge is -2.29. The van der Waals surface area contributed by atoms with Gasteiger partial charge in [-0.15, -0.1) is 0 Å². The molecule has 2 rings (SSSR count). The largest absolute Gasteiger partial charge is 0.347 e. The lowest BCUT2D eigenvalue weighted by Crippen LogP contribution is -2.48. The Hall–Kier alpha value is -1.10. The number of carbonyl (C=O) groups is 2. The number of nitrogens with one attached hydrogen (secondary N) is 1. The summed E-state index contributed by atoms with van der Waals surface area (Å²) in [6, 6.07) is -0.236. The minimum absolute atomic E-state index is 0.0422. The molecule has 2 heterocycles. The van der Waals surface area contributed by atoms with Crippen LogP contribution in [0.3, 0.4) is 0 Å². The van der Waals surface area contributed by atoms with E-state index in [0.29, 0.717) is 5.92 Å². The Balaban J connectivity index is 2.07. The molecule has 0 aliphatic carbocycles. The van der Waals surface area contributed by atoms with Gasteiger partial charge < -0.3 is 15.1 Å². The maximum Gasteiger partial charge on any atom is 0.244 e. The fourth-order valence-electron chi connectivity index (χ4n) is 2.94. The third-order valence-electron chi connectivity index (χ3n) is 4.10. The highest BCUT2D eigenvalue weighted by Gasteiger charge is 2.40. The summed E-state index contributed by atoms with van der Waals surface area (Å²) in [7, 11) is 3.51. The first-order valence-corrected chi connectivity index (χ1v) is 6.74. The van der Waals surface area contributed by atoms with Crippen LogP contribution in [0.2, 0.25) is 0 Å². The van der Waals surface area contributed by atoms with Crippen molar-refractivity contribution in [3.05, 3.63) is 0 Å². The summed E-state index contributed by atoms with van der Waals surface area (Å²) in [6.07, 6.45) is 1.74. The third kappa shape index (κ3) is 2.36. The molecule has 0 bridgehead atoms. The molecule has 2 aliphatic rings. The van der Waals surface area contributed by atoms with E-state index >= 15 is 0 Å². The second kappa shape index (κ2) is 5.26. The number of rotatable bonds is 2. The SMILES string of the molecule is CC1CNCC1C(=O)N1CCCC1C(=O)N(C)C. The molecule has 0 aromatic heterocycles. The van der Waals surface area contributed by atoms with Crippen LogP contribution >= 0.6 is 0 Å². The minimum Gasteiger partial charge on any atom is -0.347 e. The van der Waals surface area contributed by atoms with Crippen molar-refractivity contribution in [2.24, 2.45) is 11.8 Å². The van der Waals surface area contributed by atoms with E-state index in [1.165, 1.54) is 0 Å². The van der Waals surface area contributed by atoms with Crippen LogP contribution in [0.15, 0.2) is 0 Å². The van der Waals surface area contributed by atoms with Gasteiger partial charge >= 0.3 is 0 Å². The van der Waals surface area contributed by atoms with Crippen molar-refractivity contribution < 1.29 is 9.59 Å². The Labute approximate surface area is 108 Å². The maximum absolute atomic E-state index is 12.5. The van der Waals surface area contributed by atoms with Gasteiger partial charge in [0.1, 0.15) is 6.04 Å². The van der Waals surface area contributed by atoms with Gasteiger partial charge in [0.2, 0.25) is 11.8 Å². The van der Waals surface area contributed by atoms with Crippen LogP contribution in [-0.4, -0.2) is 61.4 Å². The highest BCUT2D eigenvalue weighted by atomic mass is 16.2. The molecule has 0 aromatic carbocycles. The van der Waals surface area contributed by atoms with E-state index in [0.717, 1.165) is 32.5 Å². The summed E-state index contributed by atoms with van der Waals surface area (Å²) < 4.78 is 0. The molecule has 18 heavy (non-hydrogen) atoms. The quantitative estimate of drug-likeness (QED) is 0.749. The lowest BCUT2D eigenvalue weighted by atomic mass is 9.96. The molecular weight excluding hydrogens is 230 g/mol. The zero-order chi connectivity index (χ0) is 13.3. The molecule has 0 radical (unpaired) electrons. The van der Waals surface area contributed by atoms with E-state index in [4.69, 9.17) is 0 Å². The first-order chi connectivity index (χ1) is 8.52. The first kappa shape index (κ1) is 13.3. The van der Waals surface area contributed by atoms with Gasteiger partial charge in [-0.2, -0.15) is 0 Å². The minimum atomic E-state index is -0.236. The summed E-state index contributed by atoms with van der Waals surface area (Å²) in [4.78, 5) is 28.0. The molecule has 3 atom stereocenters. The van der Waals surface area contributed by atoms with Gasteiger partial charge in [0.25, 0.3) is 0 Å². The summed E-state index contributed by atoms with van der Waals surface area (Å²) in [5, 5.41) is 3.25. The number of carbonyl (C=O) groups excluding carboxylic acids is 2. The van der Waals surface area contributed by atoms with Crippen molar-refractivity contribution in [2.75, 3.05) is 33.7 Å². The van der Waals surface area contributed by atoms with Crippen LogP contribution in [0, 0.1) is 11.8 Å². The molecule has 102 valence electrons. The van der Waals surface area contributed by atoms with Gasteiger partial charge in [-0.25, -0.2) is 0 Å². The molecule has 2 amide bonds. The first-order valence-electron chi connectivity index (χ1n) is 6.74. The third-order valence-corrected chi connectivity index (χ3v) is 4.10. The topological polar surface area (TPSA) is 52.7 Å². The second-order valence-electron chi connectivity index (χ2n) is 5.66. The Morgan fingerprint density at radius 3 is 2.56 bits per heavy atom. The molecule has 0 saturated carbocycles. The highest BCUT2D eigenvalue weighted by Crippen LogP contribution is 2.25. The number of nitrogens with zero attached hydrogens (tertiary/aromatic N) is 2. The standard InChI is InChI=1S/C13H23N3O2/c1-9-7-14-8-10(9)12(17)16-6-4-5-11(16)13(18)15(2)3/h9-11,14H,4-8H2,1-3H3. The monoisotopic (exact) mass is 253 g/mol. The van der Waals surface area contributed by atoms with Crippen LogP contribution in [0.5, 0.6) is 0 Å². The lowest BCUT2D eigenvalue weighted by molar-refractivity contribution is -0.145. The van der Waals surface area contributed by atoms with Gasteiger partial charge in [-0.3, -0.25) is 9.59 Å². The van der Waals surface area contributed by atoms with Crippen molar-refractivity contribution in [3.63, 3.8) is 0 Å². The molecule has 0 spiro atoms. The number of amides is 2. The molecule has 5 nitrogen and oxygen atoms in total. The molecule has 2 saturated heterocycles. The highest BCUT2D eigenvalue weighted by molar-refractivity contribution is 5.89. The van der Waals surface area contributed by atoms with Gasteiger partial charge in [0, 0.05) is 27.2 Å². The summed E-state index contributed by atoms with van der Waals surface area (Å²) in [5.74, 6) is 0.624. The maximum atomic E-state index is 12.5. The number of hydrogen-bond donors (Lipinski definition) is 1. The van der Waals surface area contributed by atoms with Crippen LogP contribution in [-0.2, 0) is 9.59 Å². The van der Waals surface area contributed by atoms with Crippen LogP contribution in [0.25, 0.3) is 0 Å². The Morgan fingerprint density at radius 2 is 2.00 bits per heavy atom. The average molecular weight is 253 g/mol. The second-order valence-corrected chi connectivity index (χ2v) is 5.66. The van der Waals surface area contributed by atoms with E-state index < -0.39 is 0 Å². The molecule has 2 fully saturated rings. The zero-order valence-corrected chi connectivity index (χ0v) is 11.5. The predicted octanol–water partition coefficient (Wildman–Crippen LogP) is -0.0789. The van der Waals surface area contributed by atoms with E-state index in [2.05, 4.69) is 12.2 Å². The zero-order valence-electron chi connectivity index (χ0n) is 11.5. The Bertz CT molecular complexity index is 343. The van der Waals surface area contributed by atoms with Crippen LogP contribution in [0.4, 0.5) is 0 Å². The van der Waals surface area contributed by atoms with Gasteiger partial charge in [-0.05, 0) is 25.3 Å². The molecule has 1 N–H and O–H groups in total. The van der Waals surface area contributed by atoms with Crippen molar-refractivity contribution in [3.8, 4) is 0 Å². The summed E-state index contributed by atoms with van der Waals surface area (Å²) >= 11 is 0. The summed E-state index contributed by atoms with van der Waals surface area (Å²) in [5.41, 5.74) is 0. The summed E-state index contributed by atoms with van der Waals surface area (Å²) in [6.45, 7) is 4.48. The molecular formula is C13H23N3O2. The van der Waals surface area contributed by atoms with E-state index in [9.17, 15) is 9.59 Å². The number of likely N-dealkylation sites (N-methyl/N-ethyl adjacent to an activating group) is 1. The fraction of sp³-hybridized carbons (Fsp3) is 0.846. The van der Waals surface area contributed by atoms with E-state index in [1.807, 2.05) is 0 Å². The Kier molecular flexibility index (Phi) is 3.90. The van der Waals surface area contributed by atoms with Crippen molar-refractivity contribution in [1.29, 1.82) is 0 Å².